The van der Waals surface area contributed by atoms with Crippen molar-refractivity contribution in [2.24, 2.45) is 0 Å². The molecule has 2 aromatic rings. The van der Waals surface area contributed by atoms with Gasteiger partial charge in [0, 0.05) is 31.0 Å². The number of nitrogens with one attached hydrogen (secondary N) is 1. The lowest BCUT2D eigenvalue weighted by atomic mass is 10.1. The molecule has 1 fully saturated rings. The zero-order valence-electron chi connectivity index (χ0n) is 10.8. The van der Waals surface area contributed by atoms with Crippen LogP contribution in [-0.2, 0) is 13.1 Å². The molecule has 3 rings (SSSR count). The van der Waals surface area contributed by atoms with E-state index in [1.165, 1.54) is 24.1 Å². The molecule has 1 N–H and O–H groups in total. The Morgan fingerprint density at radius 3 is 2.95 bits per heavy atom. The van der Waals surface area contributed by atoms with Crippen molar-refractivity contribution in [1.82, 2.24) is 9.88 Å². The van der Waals surface area contributed by atoms with E-state index in [-0.39, 0.29) is 0 Å². The molecule has 0 spiro atoms. The highest BCUT2D eigenvalue weighted by molar-refractivity contribution is 5.33. The van der Waals surface area contributed by atoms with E-state index < -0.39 is 0 Å². The van der Waals surface area contributed by atoms with Crippen LogP contribution < -0.4 is 5.32 Å². The number of benzene rings is 1. The van der Waals surface area contributed by atoms with E-state index in [2.05, 4.69) is 40.3 Å². The molecule has 1 heterocycles. The zero-order chi connectivity index (χ0) is 13.1. The Balaban J connectivity index is 1.71. The summed E-state index contributed by atoms with van der Waals surface area (Å²) in [5, 5.41) is 12.5. The summed E-state index contributed by atoms with van der Waals surface area (Å²) in [7, 11) is 0. The van der Waals surface area contributed by atoms with Gasteiger partial charge >= 0.3 is 0 Å². The molecule has 1 aliphatic carbocycles. The third-order valence-electron chi connectivity index (χ3n) is 3.48. The minimum Gasteiger partial charge on any atom is -0.346 e. The average Bonchev–Trinajstić information content (AvgIpc) is 3.17. The summed E-state index contributed by atoms with van der Waals surface area (Å²) < 4.78 is 2.24. The summed E-state index contributed by atoms with van der Waals surface area (Å²) in [5.41, 5.74) is 3.19. The molecule has 0 saturated heterocycles. The van der Waals surface area contributed by atoms with Gasteiger partial charge in [-0.15, -0.1) is 0 Å². The Bertz CT molecular complexity index is 602. The van der Waals surface area contributed by atoms with Crippen molar-refractivity contribution in [3.8, 4) is 6.07 Å². The van der Waals surface area contributed by atoms with Crippen LogP contribution in [0.1, 0.15) is 29.7 Å². The molecule has 19 heavy (non-hydrogen) atoms. The predicted octanol–water partition coefficient (Wildman–Crippen LogP) is 2.66. The molecular formula is C16H17N3. The maximum atomic E-state index is 8.93. The molecular weight excluding hydrogens is 234 g/mol. The number of nitriles is 1. The number of rotatable bonds is 5. The summed E-state index contributed by atoms with van der Waals surface area (Å²) >= 11 is 0. The van der Waals surface area contributed by atoms with Crippen LogP contribution in [0.2, 0.25) is 0 Å². The van der Waals surface area contributed by atoms with E-state index in [1.807, 2.05) is 18.2 Å². The Kier molecular flexibility index (Phi) is 3.35. The predicted molar refractivity (Wildman–Crippen MR) is 74.6 cm³/mol. The molecule has 1 aromatic carbocycles. The van der Waals surface area contributed by atoms with Gasteiger partial charge < -0.3 is 9.88 Å². The number of hydrogen-bond donors (Lipinski definition) is 1. The smallest absolute Gasteiger partial charge is 0.0991 e. The third kappa shape index (κ3) is 3.04. The Hall–Kier alpha value is -2.05. The van der Waals surface area contributed by atoms with E-state index in [0.717, 1.165) is 24.7 Å². The third-order valence-corrected chi connectivity index (χ3v) is 3.48. The Morgan fingerprint density at radius 1 is 1.26 bits per heavy atom. The van der Waals surface area contributed by atoms with E-state index in [0.29, 0.717) is 0 Å². The SMILES string of the molecule is N#Cc1cccc(Cn2cccc2CNC2CC2)c1. The second-order valence-corrected chi connectivity index (χ2v) is 5.09. The minimum atomic E-state index is 0.724. The first-order valence-corrected chi connectivity index (χ1v) is 6.71. The number of aromatic nitrogens is 1. The molecule has 96 valence electrons. The van der Waals surface area contributed by atoms with Gasteiger partial charge in [0.1, 0.15) is 0 Å². The Labute approximate surface area is 113 Å². The van der Waals surface area contributed by atoms with Crippen LogP contribution in [0.15, 0.2) is 42.6 Å². The van der Waals surface area contributed by atoms with E-state index >= 15 is 0 Å². The summed E-state index contributed by atoms with van der Waals surface area (Å²) in [5.74, 6) is 0. The van der Waals surface area contributed by atoms with Crippen LogP contribution in [-0.4, -0.2) is 10.6 Å². The van der Waals surface area contributed by atoms with Gasteiger partial charge in [0.25, 0.3) is 0 Å². The molecule has 1 saturated carbocycles. The van der Waals surface area contributed by atoms with Crippen LogP contribution in [0.25, 0.3) is 0 Å². The van der Waals surface area contributed by atoms with Crippen LogP contribution in [0.4, 0.5) is 0 Å². The van der Waals surface area contributed by atoms with E-state index in [9.17, 15) is 0 Å². The summed E-state index contributed by atoms with van der Waals surface area (Å²) in [6.07, 6.45) is 4.72. The van der Waals surface area contributed by atoms with E-state index in [1.54, 1.807) is 0 Å². The topological polar surface area (TPSA) is 40.8 Å². The molecule has 0 amide bonds. The van der Waals surface area contributed by atoms with Gasteiger partial charge in [-0.1, -0.05) is 12.1 Å². The monoisotopic (exact) mass is 251 g/mol. The van der Waals surface area contributed by atoms with Gasteiger partial charge in [0.2, 0.25) is 0 Å². The molecule has 0 aliphatic heterocycles. The van der Waals surface area contributed by atoms with Crippen molar-refractivity contribution in [2.75, 3.05) is 0 Å². The van der Waals surface area contributed by atoms with Crippen molar-refractivity contribution >= 4 is 0 Å². The molecule has 0 radical (unpaired) electrons. The number of nitrogens with zero attached hydrogens (tertiary/aromatic N) is 2. The second kappa shape index (κ2) is 5.29. The highest BCUT2D eigenvalue weighted by atomic mass is 15.0. The molecule has 3 nitrogen and oxygen atoms in total. The van der Waals surface area contributed by atoms with Crippen LogP contribution in [0.5, 0.6) is 0 Å². The lowest BCUT2D eigenvalue weighted by molar-refractivity contribution is 0.634. The highest BCUT2D eigenvalue weighted by Crippen LogP contribution is 2.19. The maximum absolute atomic E-state index is 8.93. The van der Waals surface area contributed by atoms with Gasteiger partial charge in [0.15, 0.2) is 0 Å². The maximum Gasteiger partial charge on any atom is 0.0991 e. The van der Waals surface area contributed by atoms with Crippen molar-refractivity contribution < 1.29 is 0 Å². The molecule has 0 atom stereocenters. The quantitative estimate of drug-likeness (QED) is 0.887. The fourth-order valence-electron chi connectivity index (χ4n) is 2.24. The van der Waals surface area contributed by atoms with Gasteiger partial charge in [-0.3, -0.25) is 0 Å². The normalized spacial score (nSPS) is 14.3. The van der Waals surface area contributed by atoms with Crippen LogP contribution >= 0.6 is 0 Å². The first kappa shape index (κ1) is 12.0. The lowest BCUT2D eigenvalue weighted by Gasteiger charge is -2.10. The van der Waals surface area contributed by atoms with Crippen molar-refractivity contribution in [1.29, 1.82) is 5.26 Å². The second-order valence-electron chi connectivity index (χ2n) is 5.09. The first-order valence-electron chi connectivity index (χ1n) is 6.71. The van der Waals surface area contributed by atoms with Crippen molar-refractivity contribution in [3.63, 3.8) is 0 Å². The first-order chi connectivity index (χ1) is 9.35. The molecule has 3 heteroatoms. The zero-order valence-corrected chi connectivity index (χ0v) is 10.8. The Morgan fingerprint density at radius 2 is 2.16 bits per heavy atom. The van der Waals surface area contributed by atoms with Crippen molar-refractivity contribution in [3.05, 3.63) is 59.4 Å². The largest absolute Gasteiger partial charge is 0.346 e. The average molecular weight is 251 g/mol. The standard InChI is InChI=1S/C16H17N3/c17-10-13-3-1-4-14(9-13)12-19-8-2-5-16(19)11-18-15-6-7-15/h1-5,8-9,15,18H,6-7,11-12H2. The fourth-order valence-corrected chi connectivity index (χ4v) is 2.24. The van der Waals surface area contributed by atoms with Gasteiger partial charge in [-0.2, -0.15) is 5.26 Å². The lowest BCUT2D eigenvalue weighted by Crippen LogP contribution is -2.18. The van der Waals surface area contributed by atoms with Gasteiger partial charge in [0.05, 0.1) is 11.6 Å². The summed E-state index contributed by atoms with van der Waals surface area (Å²) in [4.78, 5) is 0. The molecule has 1 aromatic heterocycles. The van der Waals surface area contributed by atoms with Gasteiger partial charge in [-0.05, 0) is 42.7 Å². The minimum absolute atomic E-state index is 0.724. The van der Waals surface area contributed by atoms with Gasteiger partial charge in [-0.25, -0.2) is 0 Å². The van der Waals surface area contributed by atoms with Crippen LogP contribution in [0, 0.1) is 11.3 Å². The number of hydrogen-bond acceptors (Lipinski definition) is 2. The van der Waals surface area contributed by atoms with E-state index in [4.69, 9.17) is 5.26 Å². The molecule has 0 bridgehead atoms. The highest BCUT2D eigenvalue weighted by Gasteiger charge is 2.20. The van der Waals surface area contributed by atoms with Crippen LogP contribution in [0.3, 0.4) is 0 Å². The molecule has 0 unspecified atom stereocenters. The van der Waals surface area contributed by atoms with Crippen molar-refractivity contribution in [2.45, 2.75) is 32.0 Å². The fraction of sp³-hybridized carbons (Fsp3) is 0.312. The summed E-state index contributed by atoms with van der Waals surface area (Å²) in [6.45, 7) is 1.75. The summed E-state index contributed by atoms with van der Waals surface area (Å²) in [6, 6.07) is 15.0. The molecule has 1 aliphatic rings.